The fourth-order valence-electron chi connectivity index (χ4n) is 3.01. The summed E-state index contributed by atoms with van der Waals surface area (Å²) in [6.07, 6.45) is 6.54. The van der Waals surface area contributed by atoms with Crippen LogP contribution >= 0.6 is 11.3 Å². The van der Waals surface area contributed by atoms with Gasteiger partial charge in [0.05, 0.1) is 5.39 Å². The zero-order chi connectivity index (χ0) is 18.0. The molecule has 2 N–H and O–H groups in total. The average molecular weight is 359 g/mol. The zero-order valence-electron chi connectivity index (χ0n) is 15.4. The van der Waals surface area contributed by atoms with Gasteiger partial charge in [0, 0.05) is 50.8 Å². The third kappa shape index (κ3) is 3.67. The van der Waals surface area contributed by atoms with Gasteiger partial charge in [-0.3, -0.25) is 0 Å². The van der Waals surface area contributed by atoms with Crippen LogP contribution in [-0.2, 0) is 19.9 Å². The smallest absolute Gasteiger partial charge is 0.141 e. The second-order valence-corrected chi connectivity index (χ2v) is 7.65. The van der Waals surface area contributed by atoms with Gasteiger partial charge < -0.3 is 15.2 Å². The number of nitrogens with zero attached hydrogens (tertiary/aromatic N) is 5. The Morgan fingerprint density at radius 1 is 1.24 bits per heavy atom. The molecule has 0 atom stereocenters. The molecule has 0 saturated heterocycles. The normalized spacial score (nSPS) is 11.4. The Morgan fingerprint density at radius 3 is 2.72 bits per heavy atom. The molecule has 0 aromatic carbocycles. The van der Waals surface area contributed by atoms with Crippen LogP contribution in [0, 0.1) is 13.8 Å². The molecule has 0 amide bonds. The Hall–Kier alpha value is -1.99. The van der Waals surface area contributed by atoms with Crippen LogP contribution < -0.4 is 10.6 Å². The Bertz CT molecular complexity index is 866. The molecule has 0 aliphatic rings. The molecule has 134 valence electrons. The minimum absolute atomic E-state index is 0.567. The number of rotatable bonds is 7. The fourth-order valence-corrected chi connectivity index (χ4v) is 4.05. The molecule has 0 fully saturated rings. The van der Waals surface area contributed by atoms with E-state index in [1.165, 1.54) is 15.8 Å². The summed E-state index contributed by atoms with van der Waals surface area (Å²) in [4.78, 5) is 18.5. The van der Waals surface area contributed by atoms with E-state index in [0.29, 0.717) is 13.0 Å². The molecule has 0 saturated carbocycles. The van der Waals surface area contributed by atoms with Crippen molar-refractivity contribution in [1.82, 2.24) is 19.5 Å². The number of thiophene rings is 1. The summed E-state index contributed by atoms with van der Waals surface area (Å²) >= 11 is 1.74. The fraction of sp³-hybridized carbons (Fsp3) is 0.500. The monoisotopic (exact) mass is 358 g/mol. The molecule has 3 aromatic rings. The molecule has 3 aromatic heterocycles. The van der Waals surface area contributed by atoms with Gasteiger partial charge in [-0.25, -0.2) is 15.0 Å². The summed E-state index contributed by atoms with van der Waals surface area (Å²) in [5.41, 5.74) is 7.00. The van der Waals surface area contributed by atoms with Gasteiger partial charge in [0.1, 0.15) is 22.3 Å². The standard InChI is InChI=1S/C18H26N6S/c1-12-13(2)25-18-16(12)17(21-14(22-18)7-8-19)24(4)10-5-6-15-20-9-11-23(15)3/h9,11H,5-8,10,19H2,1-4H3. The maximum atomic E-state index is 5.71. The van der Waals surface area contributed by atoms with Gasteiger partial charge in [-0.2, -0.15) is 0 Å². The van der Waals surface area contributed by atoms with Crippen molar-refractivity contribution in [1.29, 1.82) is 0 Å². The number of imidazole rings is 1. The third-order valence-corrected chi connectivity index (χ3v) is 5.70. The molecule has 3 heterocycles. The van der Waals surface area contributed by atoms with E-state index in [1.807, 2.05) is 19.4 Å². The van der Waals surface area contributed by atoms with Crippen LogP contribution in [0.4, 0.5) is 5.82 Å². The molecule has 6 nitrogen and oxygen atoms in total. The number of aromatic nitrogens is 4. The lowest BCUT2D eigenvalue weighted by atomic mass is 10.2. The number of fused-ring (bicyclic) bond motifs is 1. The summed E-state index contributed by atoms with van der Waals surface area (Å²) < 4.78 is 2.08. The first kappa shape index (κ1) is 17.8. The Balaban J connectivity index is 1.83. The van der Waals surface area contributed by atoms with Crippen molar-refractivity contribution in [3.05, 3.63) is 34.5 Å². The van der Waals surface area contributed by atoms with E-state index in [2.05, 4.69) is 35.3 Å². The van der Waals surface area contributed by atoms with Crippen LogP contribution in [0.5, 0.6) is 0 Å². The molecule has 0 aliphatic heterocycles. The van der Waals surface area contributed by atoms with E-state index in [0.717, 1.165) is 41.7 Å². The Morgan fingerprint density at radius 2 is 2.04 bits per heavy atom. The summed E-state index contributed by atoms with van der Waals surface area (Å²) in [7, 11) is 4.15. The predicted molar refractivity (Wildman–Crippen MR) is 104 cm³/mol. The lowest BCUT2D eigenvalue weighted by molar-refractivity contribution is 0.709. The van der Waals surface area contributed by atoms with Gasteiger partial charge in [-0.1, -0.05) is 0 Å². The predicted octanol–water partition coefficient (Wildman–Crippen LogP) is 2.61. The van der Waals surface area contributed by atoms with E-state index in [-0.39, 0.29) is 0 Å². The minimum Gasteiger partial charge on any atom is -0.359 e. The van der Waals surface area contributed by atoms with E-state index in [4.69, 9.17) is 15.7 Å². The first-order valence-electron chi connectivity index (χ1n) is 8.65. The van der Waals surface area contributed by atoms with Crippen LogP contribution in [0.2, 0.25) is 0 Å². The van der Waals surface area contributed by atoms with Crippen molar-refractivity contribution in [2.45, 2.75) is 33.1 Å². The van der Waals surface area contributed by atoms with E-state index in [1.54, 1.807) is 11.3 Å². The summed E-state index contributed by atoms with van der Waals surface area (Å²) in [5, 5.41) is 1.18. The number of anilines is 1. The number of hydrogen-bond acceptors (Lipinski definition) is 6. The van der Waals surface area contributed by atoms with Crippen LogP contribution in [0.3, 0.4) is 0 Å². The first-order valence-corrected chi connectivity index (χ1v) is 9.47. The molecule has 7 heteroatoms. The average Bonchev–Trinajstić information content (AvgIpc) is 3.11. The summed E-state index contributed by atoms with van der Waals surface area (Å²) in [6.45, 7) is 5.80. The molecule has 0 aliphatic carbocycles. The molecule has 0 spiro atoms. The largest absolute Gasteiger partial charge is 0.359 e. The molecule has 3 rings (SSSR count). The molecular weight excluding hydrogens is 332 g/mol. The molecule has 0 unspecified atom stereocenters. The van der Waals surface area contributed by atoms with Gasteiger partial charge >= 0.3 is 0 Å². The van der Waals surface area contributed by atoms with E-state index in [9.17, 15) is 0 Å². The van der Waals surface area contributed by atoms with Crippen molar-refractivity contribution in [2.75, 3.05) is 25.0 Å². The number of aryl methyl sites for hydroxylation is 4. The second kappa shape index (κ2) is 7.49. The Labute approximate surface area is 152 Å². The zero-order valence-corrected chi connectivity index (χ0v) is 16.2. The van der Waals surface area contributed by atoms with Gasteiger partial charge in [0.2, 0.25) is 0 Å². The van der Waals surface area contributed by atoms with Crippen LogP contribution in [0.25, 0.3) is 10.2 Å². The maximum absolute atomic E-state index is 5.71. The van der Waals surface area contributed by atoms with Crippen molar-refractivity contribution < 1.29 is 0 Å². The lowest BCUT2D eigenvalue weighted by Crippen LogP contribution is -2.22. The summed E-state index contributed by atoms with van der Waals surface area (Å²) in [5.74, 6) is 2.98. The highest BCUT2D eigenvalue weighted by Gasteiger charge is 2.17. The summed E-state index contributed by atoms with van der Waals surface area (Å²) in [6, 6.07) is 0. The first-order chi connectivity index (χ1) is 12.0. The minimum atomic E-state index is 0.567. The topological polar surface area (TPSA) is 72.9 Å². The van der Waals surface area contributed by atoms with Crippen LogP contribution in [0.1, 0.15) is 28.5 Å². The van der Waals surface area contributed by atoms with Crippen molar-refractivity contribution in [3.63, 3.8) is 0 Å². The van der Waals surface area contributed by atoms with Gasteiger partial charge in [0.25, 0.3) is 0 Å². The highest BCUT2D eigenvalue weighted by atomic mass is 32.1. The van der Waals surface area contributed by atoms with E-state index < -0.39 is 0 Å². The lowest BCUT2D eigenvalue weighted by Gasteiger charge is -2.20. The maximum Gasteiger partial charge on any atom is 0.141 e. The highest BCUT2D eigenvalue weighted by molar-refractivity contribution is 7.18. The SMILES string of the molecule is Cc1sc2nc(CCN)nc(N(C)CCCc3nccn3C)c2c1C. The molecular formula is C18H26N6S. The number of hydrogen-bond donors (Lipinski definition) is 1. The van der Waals surface area contributed by atoms with E-state index >= 15 is 0 Å². The Kier molecular flexibility index (Phi) is 5.34. The second-order valence-electron chi connectivity index (χ2n) is 6.45. The van der Waals surface area contributed by atoms with Crippen molar-refractivity contribution in [2.24, 2.45) is 12.8 Å². The van der Waals surface area contributed by atoms with Crippen LogP contribution in [0.15, 0.2) is 12.4 Å². The molecule has 25 heavy (non-hydrogen) atoms. The van der Waals surface area contributed by atoms with Gasteiger partial charge in [-0.15, -0.1) is 11.3 Å². The van der Waals surface area contributed by atoms with Gasteiger partial charge in [-0.05, 0) is 32.4 Å². The number of nitrogens with two attached hydrogens (primary N) is 1. The molecule has 0 bridgehead atoms. The highest BCUT2D eigenvalue weighted by Crippen LogP contribution is 2.34. The van der Waals surface area contributed by atoms with Gasteiger partial charge in [0.15, 0.2) is 0 Å². The van der Waals surface area contributed by atoms with Crippen molar-refractivity contribution in [3.8, 4) is 0 Å². The van der Waals surface area contributed by atoms with Crippen molar-refractivity contribution >= 4 is 27.4 Å². The molecule has 0 radical (unpaired) electrons. The third-order valence-electron chi connectivity index (χ3n) is 4.60. The van der Waals surface area contributed by atoms with Crippen LogP contribution in [-0.4, -0.2) is 39.7 Å². The quantitative estimate of drug-likeness (QED) is 0.703.